The van der Waals surface area contributed by atoms with E-state index in [0.29, 0.717) is 11.3 Å². The molecule has 5 nitrogen and oxygen atoms in total. The predicted octanol–water partition coefficient (Wildman–Crippen LogP) is 3.35. The molecule has 132 valence electrons. The predicted molar refractivity (Wildman–Crippen MR) is 99.3 cm³/mol. The molecule has 0 aliphatic heterocycles. The Labute approximate surface area is 152 Å². The highest BCUT2D eigenvalue weighted by Crippen LogP contribution is 2.23. The Hall–Kier alpha value is -2.83. The van der Waals surface area contributed by atoms with Crippen molar-refractivity contribution in [2.45, 2.75) is 17.9 Å². The highest BCUT2D eigenvalue weighted by molar-refractivity contribution is 7.89. The lowest BCUT2D eigenvalue weighted by Crippen LogP contribution is -2.30. The Balaban J connectivity index is 1.97. The van der Waals surface area contributed by atoms with Gasteiger partial charge < -0.3 is 0 Å². The third-order valence-corrected chi connectivity index (χ3v) is 5.40. The minimum Gasteiger partial charge on any atom is -0.295 e. The minimum atomic E-state index is -3.80. The second-order valence-corrected chi connectivity index (χ2v) is 7.51. The van der Waals surface area contributed by atoms with Crippen molar-refractivity contribution in [2.75, 3.05) is 0 Å². The molecule has 0 amide bonds. The van der Waals surface area contributed by atoms with Gasteiger partial charge >= 0.3 is 0 Å². The van der Waals surface area contributed by atoms with Crippen molar-refractivity contribution >= 4 is 15.8 Å². The molecule has 6 heteroatoms. The molecule has 26 heavy (non-hydrogen) atoms. The molecule has 0 fully saturated rings. The first kappa shape index (κ1) is 18.0. The number of Topliss-reactive ketones (excluding diaryl/α,β-unsaturated/α-hetero) is 1. The minimum absolute atomic E-state index is 0.0966. The maximum atomic E-state index is 12.8. The molecule has 1 unspecified atom stereocenters. The number of sulfonamides is 1. The molecule has 3 aromatic rings. The molecule has 0 aliphatic rings. The van der Waals surface area contributed by atoms with Crippen LogP contribution in [0.25, 0.3) is 0 Å². The lowest BCUT2D eigenvalue weighted by molar-refractivity contribution is 0.101. The van der Waals surface area contributed by atoms with Crippen LogP contribution in [0.2, 0.25) is 0 Å². The van der Waals surface area contributed by atoms with Gasteiger partial charge in [-0.2, -0.15) is 4.72 Å². The second kappa shape index (κ2) is 7.59. The lowest BCUT2D eigenvalue weighted by Gasteiger charge is -2.19. The summed E-state index contributed by atoms with van der Waals surface area (Å²) < 4.78 is 28.4. The zero-order chi connectivity index (χ0) is 18.6. The summed E-state index contributed by atoms with van der Waals surface area (Å²) in [6.07, 6.45) is 1.63. The smallest absolute Gasteiger partial charge is 0.241 e. The topological polar surface area (TPSA) is 76.1 Å². The number of benzene rings is 2. The van der Waals surface area contributed by atoms with Crippen molar-refractivity contribution in [1.82, 2.24) is 9.71 Å². The summed E-state index contributed by atoms with van der Waals surface area (Å²) in [4.78, 5) is 15.8. The Morgan fingerprint density at radius 3 is 2.15 bits per heavy atom. The van der Waals surface area contributed by atoms with Crippen molar-refractivity contribution in [3.8, 4) is 0 Å². The van der Waals surface area contributed by atoms with Crippen molar-refractivity contribution in [3.63, 3.8) is 0 Å². The Morgan fingerprint density at radius 1 is 0.923 bits per heavy atom. The number of aromatic nitrogens is 1. The number of nitrogens with zero attached hydrogens (tertiary/aromatic N) is 1. The van der Waals surface area contributed by atoms with Gasteiger partial charge in [-0.3, -0.25) is 9.78 Å². The molecule has 0 saturated carbocycles. The second-order valence-electron chi connectivity index (χ2n) is 5.80. The van der Waals surface area contributed by atoms with Crippen molar-refractivity contribution in [3.05, 3.63) is 95.8 Å². The van der Waals surface area contributed by atoms with Gasteiger partial charge in [-0.25, -0.2) is 8.42 Å². The number of hydrogen-bond acceptors (Lipinski definition) is 4. The van der Waals surface area contributed by atoms with Crippen LogP contribution >= 0.6 is 0 Å². The first-order chi connectivity index (χ1) is 12.5. The number of pyridine rings is 1. The summed E-state index contributed by atoms with van der Waals surface area (Å²) in [5, 5.41) is 0. The molecule has 1 heterocycles. The SMILES string of the molecule is CC(=O)c1ccc(S(=O)(=O)NC(c2ccccc2)c2ccccn2)cc1. The fourth-order valence-corrected chi connectivity index (χ4v) is 3.78. The first-order valence-corrected chi connectivity index (χ1v) is 9.55. The maximum Gasteiger partial charge on any atom is 0.241 e. The number of ketones is 1. The molecule has 1 N–H and O–H groups in total. The van der Waals surface area contributed by atoms with Crippen molar-refractivity contribution in [2.24, 2.45) is 0 Å². The number of nitrogens with one attached hydrogen (secondary N) is 1. The van der Waals surface area contributed by atoms with Gasteiger partial charge in [-0.1, -0.05) is 48.5 Å². The summed E-state index contributed by atoms with van der Waals surface area (Å²) >= 11 is 0. The third-order valence-electron chi connectivity index (χ3n) is 3.96. The van der Waals surface area contributed by atoms with Crippen molar-refractivity contribution < 1.29 is 13.2 Å². The molecular formula is C20H18N2O3S. The van der Waals surface area contributed by atoms with E-state index in [0.717, 1.165) is 5.56 Å². The average Bonchev–Trinajstić information content (AvgIpc) is 2.67. The molecule has 1 aromatic heterocycles. The quantitative estimate of drug-likeness (QED) is 0.679. The van der Waals surface area contributed by atoms with Gasteiger partial charge in [0, 0.05) is 11.8 Å². The van der Waals surface area contributed by atoms with Crippen LogP contribution < -0.4 is 4.72 Å². The van der Waals surface area contributed by atoms with E-state index in [1.807, 2.05) is 36.4 Å². The molecule has 3 rings (SSSR count). The molecule has 0 radical (unpaired) electrons. The normalized spacial score (nSPS) is 12.5. The van der Waals surface area contributed by atoms with E-state index >= 15 is 0 Å². The molecule has 0 spiro atoms. The summed E-state index contributed by atoms with van der Waals surface area (Å²) in [7, 11) is -3.80. The standard InChI is InChI=1S/C20H18N2O3S/c1-15(23)16-10-12-18(13-11-16)26(24,25)22-20(17-7-3-2-4-8-17)19-9-5-6-14-21-19/h2-14,20,22H,1H3. The van der Waals surface area contributed by atoms with Crippen LogP contribution in [0.4, 0.5) is 0 Å². The summed E-state index contributed by atoms with van der Waals surface area (Å²) in [6.45, 7) is 1.44. The van der Waals surface area contributed by atoms with Crippen LogP contribution in [0.5, 0.6) is 0 Å². The molecule has 0 aliphatic carbocycles. The van der Waals surface area contributed by atoms with E-state index in [1.165, 1.54) is 31.2 Å². The Morgan fingerprint density at radius 2 is 1.58 bits per heavy atom. The highest BCUT2D eigenvalue weighted by Gasteiger charge is 2.23. The van der Waals surface area contributed by atoms with Gasteiger partial charge in [0.1, 0.15) is 0 Å². The largest absolute Gasteiger partial charge is 0.295 e. The summed E-state index contributed by atoms with van der Waals surface area (Å²) in [5.41, 5.74) is 1.85. The van der Waals surface area contributed by atoms with Crippen molar-refractivity contribution in [1.29, 1.82) is 0 Å². The Bertz CT molecular complexity index is 947. The fraction of sp³-hybridized carbons (Fsp3) is 0.100. The molecular weight excluding hydrogens is 348 g/mol. The van der Waals surface area contributed by atoms with Gasteiger partial charge in [0.2, 0.25) is 10.0 Å². The van der Waals surface area contributed by atoms with E-state index in [1.54, 1.807) is 18.3 Å². The third kappa shape index (κ3) is 4.04. The van der Waals surface area contributed by atoms with Gasteiger partial charge in [0.15, 0.2) is 5.78 Å². The van der Waals surface area contributed by atoms with Crippen LogP contribution in [-0.4, -0.2) is 19.2 Å². The number of hydrogen-bond donors (Lipinski definition) is 1. The molecule has 0 bridgehead atoms. The van der Waals surface area contributed by atoms with Gasteiger partial charge in [-0.15, -0.1) is 0 Å². The fourth-order valence-electron chi connectivity index (χ4n) is 2.58. The van der Waals surface area contributed by atoms with E-state index in [2.05, 4.69) is 9.71 Å². The summed E-state index contributed by atoms with van der Waals surface area (Å²) in [6, 6.07) is 19.9. The van der Waals surface area contributed by atoms with Gasteiger partial charge in [-0.05, 0) is 36.8 Å². The highest BCUT2D eigenvalue weighted by atomic mass is 32.2. The lowest BCUT2D eigenvalue weighted by atomic mass is 10.0. The van der Waals surface area contributed by atoms with Crippen LogP contribution in [0, 0.1) is 0 Å². The monoisotopic (exact) mass is 366 g/mol. The Kier molecular flexibility index (Phi) is 5.25. The first-order valence-electron chi connectivity index (χ1n) is 8.06. The summed E-state index contributed by atoms with van der Waals surface area (Å²) in [5.74, 6) is -0.113. The zero-order valence-electron chi connectivity index (χ0n) is 14.2. The number of carbonyl (C=O) groups is 1. The van der Waals surface area contributed by atoms with Crippen LogP contribution in [0.1, 0.15) is 34.6 Å². The molecule has 0 saturated heterocycles. The van der Waals surface area contributed by atoms with E-state index in [9.17, 15) is 13.2 Å². The van der Waals surface area contributed by atoms with E-state index < -0.39 is 16.1 Å². The number of carbonyl (C=O) groups excluding carboxylic acids is 1. The van der Waals surface area contributed by atoms with Crippen LogP contribution in [0.15, 0.2) is 83.9 Å². The number of rotatable bonds is 6. The van der Waals surface area contributed by atoms with E-state index in [-0.39, 0.29) is 10.7 Å². The molecule has 2 aromatic carbocycles. The van der Waals surface area contributed by atoms with Crippen LogP contribution in [-0.2, 0) is 10.0 Å². The van der Waals surface area contributed by atoms with E-state index in [4.69, 9.17) is 0 Å². The average molecular weight is 366 g/mol. The van der Waals surface area contributed by atoms with Crippen LogP contribution in [0.3, 0.4) is 0 Å². The van der Waals surface area contributed by atoms with Gasteiger partial charge in [0.05, 0.1) is 16.6 Å². The van der Waals surface area contributed by atoms with Gasteiger partial charge in [0.25, 0.3) is 0 Å². The maximum absolute atomic E-state index is 12.8. The molecule has 1 atom stereocenters. The zero-order valence-corrected chi connectivity index (χ0v) is 15.0.